The fourth-order valence-electron chi connectivity index (χ4n) is 5.79. The number of likely N-dealkylation sites (tertiary alicyclic amines) is 1. The van der Waals surface area contributed by atoms with Gasteiger partial charge in [-0.05, 0) is 85.9 Å². The highest BCUT2D eigenvalue weighted by molar-refractivity contribution is 6.31. The van der Waals surface area contributed by atoms with Gasteiger partial charge in [-0.25, -0.2) is 0 Å². The van der Waals surface area contributed by atoms with Crippen LogP contribution in [0.1, 0.15) is 73.1 Å². The lowest BCUT2D eigenvalue weighted by atomic mass is 9.67. The number of carboxylic acids is 1. The van der Waals surface area contributed by atoms with E-state index in [9.17, 15) is 4.79 Å². The summed E-state index contributed by atoms with van der Waals surface area (Å²) in [5, 5.41) is 9.84. The predicted molar refractivity (Wildman–Crippen MR) is 127 cm³/mol. The van der Waals surface area contributed by atoms with Gasteiger partial charge in [0.2, 0.25) is 0 Å². The van der Waals surface area contributed by atoms with Crippen LogP contribution in [0, 0.1) is 0 Å². The van der Waals surface area contributed by atoms with Gasteiger partial charge in [0.05, 0.1) is 13.0 Å². The van der Waals surface area contributed by atoms with E-state index in [4.69, 9.17) is 21.4 Å². The summed E-state index contributed by atoms with van der Waals surface area (Å²) in [6.45, 7) is 5.48. The third kappa shape index (κ3) is 4.04. The Morgan fingerprint density at radius 1 is 1.16 bits per heavy atom. The van der Waals surface area contributed by atoms with Crippen molar-refractivity contribution in [3.8, 4) is 5.75 Å². The SMILES string of the molecule is CCc1ccc(Cl)c(C2CC(c3ccc4c(c3)OCC43CCN(CCC(=O)O)CC3)C2)c1. The standard InChI is InChI=1S/C27H32ClNO3/c1-2-18-3-6-24(28)22(13-18)21-14-20(15-21)19-4-5-23-25(16-19)32-17-27(23)8-11-29(12-9-27)10-7-26(30)31/h3-6,13,16,20-21H,2,7-12,14-15,17H2,1H3,(H,30,31). The number of carboxylic acid groups (broad SMARTS) is 1. The number of aryl methyl sites for hydroxylation is 1. The fraction of sp³-hybridized carbons (Fsp3) is 0.519. The van der Waals surface area contributed by atoms with Crippen LogP contribution in [0.15, 0.2) is 36.4 Å². The molecule has 5 heteroatoms. The molecule has 1 aliphatic carbocycles. The van der Waals surface area contributed by atoms with Crippen molar-refractivity contribution in [1.82, 2.24) is 4.90 Å². The van der Waals surface area contributed by atoms with Crippen LogP contribution < -0.4 is 4.74 Å². The number of nitrogens with zero attached hydrogens (tertiary/aromatic N) is 1. The number of ether oxygens (including phenoxy) is 1. The molecular weight excluding hydrogens is 422 g/mol. The number of halogens is 1. The molecule has 2 aromatic carbocycles. The van der Waals surface area contributed by atoms with Gasteiger partial charge in [0.15, 0.2) is 0 Å². The first-order valence-corrected chi connectivity index (χ1v) is 12.3. The van der Waals surface area contributed by atoms with Crippen LogP contribution in [0.2, 0.25) is 5.02 Å². The van der Waals surface area contributed by atoms with Crippen LogP contribution in [-0.2, 0) is 16.6 Å². The van der Waals surface area contributed by atoms with Crippen molar-refractivity contribution >= 4 is 17.6 Å². The summed E-state index contributed by atoms with van der Waals surface area (Å²) in [6.07, 6.45) is 5.64. The minimum absolute atomic E-state index is 0.101. The topological polar surface area (TPSA) is 49.8 Å². The molecule has 0 atom stereocenters. The van der Waals surface area contributed by atoms with Crippen molar-refractivity contribution in [2.45, 2.75) is 62.7 Å². The van der Waals surface area contributed by atoms with E-state index in [1.807, 2.05) is 0 Å². The second-order valence-corrected chi connectivity index (χ2v) is 10.3. The van der Waals surface area contributed by atoms with Crippen molar-refractivity contribution in [2.24, 2.45) is 0 Å². The highest BCUT2D eigenvalue weighted by atomic mass is 35.5. The van der Waals surface area contributed by atoms with Gasteiger partial charge in [-0.2, -0.15) is 0 Å². The van der Waals surface area contributed by atoms with E-state index in [2.05, 4.69) is 48.2 Å². The van der Waals surface area contributed by atoms with E-state index in [0.717, 1.165) is 62.6 Å². The van der Waals surface area contributed by atoms with Gasteiger partial charge in [-0.15, -0.1) is 0 Å². The molecule has 1 N–H and O–H groups in total. The Bertz CT molecular complexity index is 1010. The Labute approximate surface area is 195 Å². The third-order valence-corrected chi connectivity index (χ3v) is 8.40. The molecule has 170 valence electrons. The monoisotopic (exact) mass is 453 g/mol. The molecule has 2 fully saturated rings. The third-order valence-electron chi connectivity index (χ3n) is 8.05. The number of fused-ring (bicyclic) bond motifs is 2. The van der Waals surface area contributed by atoms with E-state index in [1.165, 1.54) is 22.3 Å². The number of benzene rings is 2. The number of rotatable bonds is 6. The fourth-order valence-corrected chi connectivity index (χ4v) is 6.06. The second-order valence-electron chi connectivity index (χ2n) is 9.88. The predicted octanol–water partition coefficient (Wildman–Crippen LogP) is 5.76. The van der Waals surface area contributed by atoms with Crippen LogP contribution in [0.4, 0.5) is 0 Å². The number of hydrogen-bond acceptors (Lipinski definition) is 3. The molecule has 32 heavy (non-hydrogen) atoms. The highest BCUT2D eigenvalue weighted by Crippen LogP contribution is 2.52. The summed E-state index contributed by atoms with van der Waals surface area (Å²) in [4.78, 5) is 13.1. The van der Waals surface area contributed by atoms with Crippen LogP contribution >= 0.6 is 11.6 Å². The van der Waals surface area contributed by atoms with Gasteiger partial charge in [0, 0.05) is 22.5 Å². The second kappa shape index (κ2) is 8.72. The lowest BCUT2D eigenvalue weighted by Crippen LogP contribution is -2.44. The zero-order valence-electron chi connectivity index (χ0n) is 18.8. The minimum atomic E-state index is -0.717. The lowest BCUT2D eigenvalue weighted by Gasteiger charge is -2.39. The maximum atomic E-state index is 10.9. The van der Waals surface area contributed by atoms with Crippen molar-refractivity contribution in [3.05, 3.63) is 63.7 Å². The van der Waals surface area contributed by atoms with Crippen LogP contribution in [0.5, 0.6) is 5.75 Å². The Hall–Kier alpha value is -2.04. The van der Waals surface area contributed by atoms with E-state index in [0.29, 0.717) is 18.4 Å². The van der Waals surface area contributed by atoms with Gasteiger partial charge < -0.3 is 14.7 Å². The molecule has 4 nitrogen and oxygen atoms in total. The summed E-state index contributed by atoms with van der Waals surface area (Å²) in [7, 11) is 0. The Balaban J connectivity index is 1.23. The minimum Gasteiger partial charge on any atom is -0.492 e. The smallest absolute Gasteiger partial charge is 0.304 e. The molecule has 1 saturated carbocycles. The van der Waals surface area contributed by atoms with Crippen LogP contribution in [0.25, 0.3) is 0 Å². The zero-order chi connectivity index (χ0) is 22.3. The molecule has 5 rings (SSSR count). The summed E-state index contributed by atoms with van der Waals surface area (Å²) < 4.78 is 6.21. The molecule has 2 heterocycles. The molecular formula is C27H32ClNO3. The van der Waals surface area contributed by atoms with Crippen molar-refractivity contribution in [1.29, 1.82) is 0 Å². The Morgan fingerprint density at radius 2 is 1.94 bits per heavy atom. The summed E-state index contributed by atoms with van der Waals surface area (Å²) in [6, 6.07) is 13.4. The maximum absolute atomic E-state index is 10.9. The molecule has 0 unspecified atom stereocenters. The number of hydrogen-bond donors (Lipinski definition) is 1. The van der Waals surface area contributed by atoms with Gasteiger partial charge in [0.25, 0.3) is 0 Å². The maximum Gasteiger partial charge on any atom is 0.304 e. The quantitative estimate of drug-likeness (QED) is 0.603. The van der Waals surface area contributed by atoms with Gasteiger partial charge >= 0.3 is 5.97 Å². The van der Waals surface area contributed by atoms with Crippen molar-refractivity contribution < 1.29 is 14.6 Å². The average molecular weight is 454 g/mol. The van der Waals surface area contributed by atoms with Gasteiger partial charge in [0.1, 0.15) is 5.75 Å². The first-order valence-electron chi connectivity index (χ1n) is 12.0. The molecule has 1 saturated heterocycles. The molecule has 0 radical (unpaired) electrons. The first kappa shape index (κ1) is 21.8. The lowest BCUT2D eigenvalue weighted by molar-refractivity contribution is -0.137. The van der Waals surface area contributed by atoms with Crippen molar-refractivity contribution in [2.75, 3.05) is 26.2 Å². The average Bonchev–Trinajstić information content (AvgIpc) is 3.11. The summed E-state index contributed by atoms with van der Waals surface area (Å²) in [5.74, 6) is 1.47. The molecule has 0 amide bonds. The molecule has 3 aliphatic rings. The molecule has 0 bridgehead atoms. The van der Waals surface area contributed by atoms with E-state index >= 15 is 0 Å². The van der Waals surface area contributed by atoms with Crippen LogP contribution in [0.3, 0.4) is 0 Å². The molecule has 2 aliphatic heterocycles. The van der Waals surface area contributed by atoms with E-state index in [1.54, 1.807) is 0 Å². The number of piperidine rings is 1. The number of aliphatic carboxylic acids is 1. The molecule has 2 aromatic rings. The van der Waals surface area contributed by atoms with E-state index in [-0.39, 0.29) is 11.8 Å². The normalized spacial score (nSPS) is 24.1. The largest absolute Gasteiger partial charge is 0.492 e. The van der Waals surface area contributed by atoms with E-state index < -0.39 is 5.97 Å². The molecule has 0 aromatic heterocycles. The highest BCUT2D eigenvalue weighted by Gasteiger charge is 2.43. The van der Waals surface area contributed by atoms with Gasteiger partial charge in [-0.1, -0.05) is 42.8 Å². The molecule has 1 spiro atoms. The first-order chi connectivity index (χ1) is 15.5. The number of carbonyl (C=O) groups is 1. The van der Waals surface area contributed by atoms with Crippen LogP contribution in [-0.4, -0.2) is 42.2 Å². The van der Waals surface area contributed by atoms with Crippen molar-refractivity contribution in [3.63, 3.8) is 0 Å². The zero-order valence-corrected chi connectivity index (χ0v) is 19.5. The Morgan fingerprint density at radius 3 is 2.66 bits per heavy atom. The van der Waals surface area contributed by atoms with Gasteiger partial charge in [-0.3, -0.25) is 4.79 Å². The Kier molecular flexibility index (Phi) is 5.94. The summed E-state index contributed by atoms with van der Waals surface area (Å²) in [5.41, 5.74) is 5.52. The summed E-state index contributed by atoms with van der Waals surface area (Å²) >= 11 is 6.51.